The van der Waals surface area contributed by atoms with E-state index >= 15 is 0 Å². The smallest absolute Gasteiger partial charge is 0.211 e. The summed E-state index contributed by atoms with van der Waals surface area (Å²) in [6.07, 6.45) is 0.463. The fourth-order valence-electron chi connectivity index (χ4n) is 0.705. The van der Waals surface area contributed by atoms with Gasteiger partial charge >= 0.3 is 0 Å². The summed E-state index contributed by atoms with van der Waals surface area (Å²) in [4.78, 5) is 9.92. The zero-order chi connectivity index (χ0) is 8.27. The van der Waals surface area contributed by atoms with Crippen LogP contribution in [0.25, 0.3) is 0 Å². The minimum absolute atomic E-state index is 0.259. The number of carbonyl (C=O) groups is 1. The van der Waals surface area contributed by atoms with Crippen molar-refractivity contribution < 1.29 is 9.18 Å². The van der Waals surface area contributed by atoms with Crippen molar-refractivity contribution in [1.82, 2.24) is 0 Å². The summed E-state index contributed by atoms with van der Waals surface area (Å²) in [7, 11) is 0. The fraction of sp³-hybridized carbons (Fsp3) is 0. The molecular formula is C7H5ClFNO. The molecule has 0 atom stereocenters. The molecule has 0 aliphatic rings. The van der Waals surface area contributed by atoms with Gasteiger partial charge in [-0.3, -0.25) is 4.79 Å². The normalized spacial score (nSPS) is 9.27. The van der Waals surface area contributed by atoms with Gasteiger partial charge in [0.15, 0.2) is 0 Å². The number of benzene rings is 1. The quantitative estimate of drug-likeness (QED) is 0.682. The first kappa shape index (κ1) is 8.01. The monoisotopic (exact) mass is 173 g/mol. The molecule has 0 saturated carbocycles. The van der Waals surface area contributed by atoms with Crippen molar-refractivity contribution >= 4 is 23.7 Å². The van der Waals surface area contributed by atoms with Crippen LogP contribution >= 0.6 is 11.6 Å². The number of hydrogen-bond donors (Lipinski definition) is 1. The van der Waals surface area contributed by atoms with E-state index in [1.54, 1.807) is 0 Å². The van der Waals surface area contributed by atoms with Crippen molar-refractivity contribution in [2.24, 2.45) is 0 Å². The molecule has 0 fully saturated rings. The Kier molecular flexibility index (Phi) is 2.44. The number of hydrogen-bond acceptors (Lipinski definition) is 1. The lowest BCUT2D eigenvalue weighted by Crippen LogP contribution is -1.93. The van der Waals surface area contributed by atoms with Crippen LogP contribution in [-0.4, -0.2) is 6.41 Å². The minimum atomic E-state index is -0.471. The zero-order valence-electron chi connectivity index (χ0n) is 5.47. The number of nitrogens with one attached hydrogen (secondary N) is 1. The molecular weight excluding hydrogens is 169 g/mol. The molecule has 0 aliphatic carbocycles. The maximum Gasteiger partial charge on any atom is 0.211 e. The van der Waals surface area contributed by atoms with E-state index in [0.29, 0.717) is 12.1 Å². The summed E-state index contributed by atoms with van der Waals surface area (Å²) in [6.45, 7) is 0. The Morgan fingerprint density at radius 3 is 2.73 bits per heavy atom. The fourth-order valence-corrected chi connectivity index (χ4v) is 0.927. The van der Waals surface area contributed by atoms with E-state index in [1.165, 1.54) is 12.1 Å². The van der Waals surface area contributed by atoms with Crippen molar-refractivity contribution in [3.63, 3.8) is 0 Å². The molecule has 1 aromatic rings. The summed E-state index contributed by atoms with van der Waals surface area (Å²) in [6, 6.07) is 3.80. The van der Waals surface area contributed by atoms with Crippen molar-refractivity contribution in [3.8, 4) is 0 Å². The Morgan fingerprint density at radius 1 is 1.45 bits per heavy atom. The molecule has 0 aromatic heterocycles. The molecule has 0 heterocycles. The van der Waals surface area contributed by atoms with Gasteiger partial charge in [0.05, 0.1) is 0 Å². The van der Waals surface area contributed by atoms with Gasteiger partial charge in [0.2, 0.25) is 6.41 Å². The average molecular weight is 174 g/mol. The van der Waals surface area contributed by atoms with Crippen LogP contribution in [0.3, 0.4) is 0 Å². The molecule has 4 heteroatoms. The lowest BCUT2D eigenvalue weighted by molar-refractivity contribution is -0.105. The molecule has 0 saturated heterocycles. The van der Waals surface area contributed by atoms with E-state index in [-0.39, 0.29) is 5.02 Å². The molecule has 1 rings (SSSR count). The number of anilines is 1. The summed E-state index contributed by atoms with van der Waals surface area (Å²) >= 11 is 5.49. The Bertz CT molecular complexity index is 257. The van der Waals surface area contributed by atoms with Crippen molar-refractivity contribution in [1.29, 1.82) is 0 Å². The van der Waals surface area contributed by atoms with Gasteiger partial charge in [0, 0.05) is 10.7 Å². The topological polar surface area (TPSA) is 29.1 Å². The first-order valence-electron chi connectivity index (χ1n) is 2.88. The molecule has 0 spiro atoms. The number of carbonyl (C=O) groups excluding carboxylic acids is 1. The SMILES string of the molecule is O=CNc1cc(F)cc(Cl)c1. The first-order valence-corrected chi connectivity index (χ1v) is 3.26. The van der Waals surface area contributed by atoms with Crippen molar-refractivity contribution in [2.75, 3.05) is 5.32 Å². The summed E-state index contributed by atoms with van der Waals surface area (Å²) in [5.41, 5.74) is 0.352. The second kappa shape index (κ2) is 3.34. The second-order valence-corrected chi connectivity index (χ2v) is 2.36. The Morgan fingerprint density at radius 2 is 2.18 bits per heavy atom. The molecule has 58 valence electrons. The van der Waals surface area contributed by atoms with Crippen LogP contribution < -0.4 is 5.32 Å². The second-order valence-electron chi connectivity index (χ2n) is 1.92. The van der Waals surface area contributed by atoms with Gasteiger partial charge in [-0.05, 0) is 18.2 Å². The van der Waals surface area contributed by atoms with Crippen LogP contribution in [0.15, 0.2) is 18.2 Å². The van der Waals surface area contributed by atoms with E-state index in [0.717, 1.165) is 6.07 Å². The highest BCUT2D eigenvalue weighted by Gasteiger charge is 1.96. The van der Waals surface area contributed by atoms with Gasteiger partial charge in [0.25, 0.3) is 0 Å². The predicted octanol–water partition coefficient (Wildman–Crippen LogP) is 2.05. The van der Waals surface area contributed by atoms with Crippen molar-refractivity contribution in [3.05, 3.63) is 29.0 Å². The Balaban J connectivity index is 2.98. The maximum absolute atomic E-state index is 12.5. The van der Waals surface area contributed by atoms with E-state index < -0.39 is 5.82 Å². The summed E-state index contributed by atoms with van der Waals surface area (Å²) < 4.78 is 12.5. The van der Waals surface area contributed by atoms with Crippen LogP contribution in [-0.2, 0) is 4.79 Å². The maximum atomic E-state index is 12.5. The molecule has 1 N–H and O–H groups in total. The molecule has 1 amide bonds. The highest BCUT2D eigenvalue weighted by Crippen LogP contribution is 2.17. The van der Waals surface area contributed by atoms with Gasteiger partial charge < -0.3 is 5.32 Å². The van der Waals surface area contributed by atoms with Crippen LogP contribution in [0.4, 0.5) is 10.1 Å². The Labute approximate surface area is 68.0 Å². The van der Waals surface area contributed by atoms with Gasteiger partial charge in [-0.1, -0.05) is 11.6 Å². The Hall–Kier alpha value is -1.09. The third kappa shape index (κ3) is 2.20. The highest BCUT2D eigenvalue weighted by molar-refractivity contribution is 6.30. The predicted molar refractivity (Wildman–Crippen MR) is 41.1 cm³/mol. The van der Waals surface area contributed by atoms with Crippen LogP contribution in [0.5, 0.6) is 0 Å². The minimum Gasteiger partial charge on any atom is -0.329 e. The molecule has 11 heavy (non-hydrogen) atoms. The molecule has 1 aromatic carbocycles. The molecule has 0 unspecified atom stereocenters. The number of amides is 1. The lowest BCUT2D eigenvalue weighted by atomic mass is 10.3. The van der Waals surface area contributed by atoms with Gasteiger partial charge in [0.1, 0.15) is 5.82 Å². The third-order valence-corrected chi connectivity index (χ3v) is 1.31. The molecule has 2 nitrogen and oxygen atoms in total. The van der Waals surface area contributed by atoms with E-state index in [4.69, 9.17) is 11.6 Å². The van der Waals surface area contributed by atoms with Gasteiger partial charge in [-0.15, -0.1) is 0 Å². The third-order valence-electron chi connectivity index (χ3n) is 1.09. The molecule has 0 aliphatic heterocycles. The van der Waals surface area contributed by atoms with Crippen LogP contribution in [0.2, 0.25) is 5.02 Å². The van der Waals surface area contributed by atoms with Crippen LogP contribution in [0.1, 0.15) is 0 Å². The zero-order valence-corrected chi connectivity index (χ0v) is 6.23. The van der Waals surface area contributed by atoms with Crippen LogP contribution in [0, 0.1) is 5.82 Å². The average Bonchev–Trinajstić information content (AvgIpc) is 1.85. The summed E-state index contributed by atoms with van der Waals surface area (Å²) in [5, 5.41) is 2.54. The van der Waals surface area contributed by atoms with Gasteiger partial charge in [-0.2, -0.15) is 0 Å². The van der Waals surface area contributed by atoms with Crippen molar-refractivity contribution in [2.45, 2.75) is 0 Å². The lowest BCUT2D eigenvalue weighted by Gasteiger charge is -1.98. The standard InChI is InChI=1S/C7H5ClFNO/c8-5-1-6(9)3-7(2-5)10-4-11/h1-4H,(H,10,11). The molecule has 0 bridgehead atoms. The first-order chi connectivity index (χ1) is 5.22. The highest BCUT2D eigenvalue weighted by atomic mass is 35.5. The van der Waals surface area contributed by atoms with E-state index in [9.17, 15) is 9.18 Å². The van der Waals surface area contributed by atoms with Gasteiger partial charge in [-0.25, -0.2) is 4.39 Å². The van der Waals surface area contributed by atoms with E-state index in [2.05, 4.69) is 5.32 Å². The molecule has 0 radical (unpaired) electrons. The summed E-state index contributed by atoms with van der Waals surface area (Å²) in [5.74, 6) is -0.471. The number of halogens is 2. The largest absolute Gasteiger partial charge is 0.329 e. The van der Waals surface area contributed by atoms with E-state index in [1.807, 2.05) is 0 Å². The number of rotatable bonds is 2.